The van der Waals surface area contributed by atoms with E-state index in [0.717, 1.165) is 11.6 Å². The number of benzene rings is 1. The van der Waals surface area contributed by atoms with Crippen LogP contribution in [-0.2, 0) is 6.42 Å². The zero-order valence-electron chi connectivity index (χ0n) is 19.7. The molecule has 0 aliphatic heterocycles. The first-order valence-electron chi connectivity index (χ1n) is 11.2. The van der Waals surface area contributed by atoms with E-state index in [1.54, 1.807) is 13.0 Å². The van der Waals surface area contributed by atoms with Crippen LogP contribution in [0.3, 0.4) is 0 Å². The molecular formula is C24H24FN9O3. The number of nitrogens with one attached hydrogen (secondary N) is 3. The molecule has 1 unspecified atom stereocenters. The Kier molecular flexibility index (Phi) is 7.52. The van der Waals surface area contributed by atoms with Crippen molar-refractivity contribution in [3.63, 3.8) is 0 Å². The Bertz CT molecular complexity index is 1400. The molecule has 3 aromatic heterocycles. The number of carboxylic acid groups (broad SMARTS) is 1. The number of primary amides is 1. The summed E-state index contributed by atoms with van der Waals surface area (Å²) >= 11 is 0. The van der Waals surface area contributed by atoms with E-state index in [9.17, 15) is 9.59 Å². The number of amides is 2. The number of pyridine rings is 2. The minimum Gasteiger partial charge on any atom is -0.465 e. The number of aryl methyl sites for hydroxylation is 1. The molecule has 0 spiro atoms. The van der Waals surface area contributed by atoms with E-state index in [1.165, 1.54) is 23.4 Å². The highest BCUT2D eigenvalue weighted by molar-refractivity contribution is 5.98. The Balaban J connectivity index is 1.65. The second kappa shape index (κ2) is 11.1. The van der Waals surface area contributed by atoms with Crippen molar-refractivity contribution in [3.8, 4) is 5.69 Å². The van der Waals surface area contributed by atoms with Crippen molar-refractivity contribution >= 4 is 29.3 Å². The number of carbonyl (C=O) groups excluding carboxylic acids is 1. The van der Waals surface area contributed by atoms with Crippen LogP contribution in [0.2, 0.25) is 0 Å². The van der Waals surface area contributed by atoms with Gasteiger partial charge in [0, 0.05) is 12.6 Å². The van der Waals surface area contributed by atoms with Crippen molar-refractivity contribution in [2.75, 3.05) is 17.2 Å². The molecule has 4 rings (SSSR count). The second-order valence-electron chi connectivity index (χ2n) is 8.07. The van der Waals surface area contributed by atoms with Crippen molar-refractivity contribution < 1.29 is 19.1 Å². The van der Waals surface area contributed by atoms with Crippen LogP contribution in [-0.4, -0.2) is 54.7 Å². The van der Waals surface area contributed by atoms with Gasteiger partial charge in [0.25, 0.3) is 5.91 Å². The van der Waals surface area contributed by atoms with Crippen LogP contribution in [0.5, 0.6) is 0 Å². The smallest absolute Gasteiger partial charge is 0.404 e. The van der Waals surface area contributed by atoms with Crippen LogP contribution < -0.4 is 21.7 Å². The van der Waals surface area contributed by atoms with Gasteiger partial charge in [0.05, 0.1) is 35.5 Å². The molecule has 1 atom stereocenters. The van der Waals surface area contributed by atoms with Crippen LogP contribution in [0.1, 0.15) is 21.6 Å². The quantitative estimate of drug-likeness (QED) is 0.217. The number of carbonyl (C=O) groups is 2. The minimum atomic E-state index is -1.21. The summed E-state index contributed by atoms with van der Waals surface area (Å²) in [7, 11) is 0. The summed E-state index contributed by atoms with van der Waals surface area (Å²) in [5.74, 6) is -1.90. The maximum absolute atomic E-state index is 15.0. The average molecular weight is 506 g/mol. The maximum atomic E-state index is 15.0. The van der Waals surface area contributed by atoms with Crippen LogP contribution in [0.25, 0.3) is 5.69 Å². The third kappa shape index (κ3) is 6.33. The van der Waals surface area contributed by atoms with Gasteiger partial charge in [-0.05, 0) is 31.0 Å². The maximum Gasteiger partial charge on any atom is 0.404 e. The lowest BCUT2D eigenvalue weighted by molar-refractivity contribution is 0.100. The molecule has 1 aromatic carbocycles. The predicted octanol–water partition coefficient (Wildman–Crippen LogP) is 2.64. The first-order chi connectivity index (χ1) is 17.8. The van der Waals surface area contributed by atoms with Gasteiger partial charge in [0.1, 0.15) is 11.5 Å². The van der Waals surface area contributed by atoms with E-state index in [1.807, 2.05) is 30.3 Å². The molecule has 2 amide bonds. The van der Waals surface area contributed by atoms with Crippen LogP contribution in [0.15, 0.2) is 61.1 Å². The van der Waals surface area contributed by atoms with E-state index >= 15 is 4.39 Å². The largest absolute Gasteiger partial charge is 0.465 e. The molecule has 0 radical (unpaired) electrons. The Morgan fingerprint density at radius 2 is 1.86 bits per heavy atom. The van der Waals surface area contributed by atoms with Crippen LogP contribution in [0.4, 0.5) is 26.5 Å². The van der Waals surface area contributed by atoms with E-state index in [-0.39, 0.29) is 23.7 Å². The van der Waals surface area contributed by atoms with Gasteiger partial charge >= 0.3 is 6.09 Å². The molecule has 12 nitrogen and oxygen atoms in total. The third-order valence-electron chi connectivity index (χ3n) is 5.36. The summed E-state index contributed by atoms with van der Waals surface area (Å²) in [5.41, 5.74) is 7.88. The number of hydrogen-bond donors (Lipinski definition) is 5. The van der Waals surface area contributed by atoms with Gasteiger partial charge in [-0.25, -0.2) is 14.2 Å². The molecule has 0 saturated carbocycles. The standard InChI is InChI=1S/C24H24FN9O3/c1-14-20(34-29-7-8-30-34)10-17(12-27-14)31-22-18(21(26)35)11-19(25)23(33-22)32-16(13-28-24(36)37)9-15-5-3-2-4-6-15/h2-8,10-12,16,28H,9,13H2,1H3,(H2,26,35)(H,36,37)(H2,31,32,33). The number of nitrogens with two attached hydrogens (primary N) is 1. The summed E-state index contributed by atoms with van der Waals surface area (Å²) < 4.78 is 15.0. The van der Waals surface area contributed by atoms with Gasteiger partial charge in [0.15, 0.2) is 11.6 Å². The molecule has 0 aliphatic carbocycles. The van der Waals surface area contributed by atoms with Crippen molar-refractivity contribution in [1.82, 2.24) is 30.3 Å². The lowest BCUT2D eigenvalue weighted by Crippen LogP contribution is -2.37. The van der Waals surface area contributed by atoms with Gasteiger partial charge < -0.3 is 26.8 Å². The van der Waals surface area contributed by atoms with E-state index < -0.39 is 23.9 Å². The van der Waals surface area contributed by atoms with Crippen molar-refractivity contribution in [2.24, 2.45) is 5.73 Å². The van der Waals surface area contributed by atoms with E-state index in [2.05, 4.69) is 36.1 Å². The van der Waals surface area contributed by atoms with Crippen molar-refractivity contribution in [1.29, 1.82) is 0 Å². The highest BCUT2D eigenvalue weighted by Crippen LogP contribution is 2.26. The zero-order chi connectivity index (χ0) is 26.4. The SMILES string of the molecule is Cc1ncc(Nc2nc(NC(CNC(=O)O)Cc3ccccc3)c(F)cc2C(N)=O)cc1-n1nccn1. The Hall–Kier alpha value is -5.07. The summed E-state index contributed by atoms with van der Waals surface area (Å²) in [6.07, 6.45) is 3.73. The van der Waals surface area contributed by atoms with Crippen molar-refractivity contribution in [2.45, 2.75) is 19.4 Å². The van der Waals surface area contributed by atoms with Gasteiger partial charge in [-0.1, -0.05) is 30.3 Å². The molecule has 0 aliphatic rings. The summed E-state index contributed by atoms with van der Waals surface area (Å²) in [4.78, 5) is 33.1. The molecule has 37 heavy (non-hydrogen) atoms. The predicted molar refractivity (Wildman–Crippen MR) is 133 cm³/mol. The molecule has 6 N–H and O–H groups in total. The van der Waals surface area contributed by atoms with Crippen LogP contribution in [0, 0.1) is 12.7 Å². The number of nitrogens with zero attached hydrogens (tertiary/aromatic N) is 5. The average Bonchev–Trinajstić information content (AvgIpc) is 3.40. The molecule has 3 heterocycles. The van der Waals surface area contributed by atoms with Crippen LogP contribution >= 0.6 is 0 Å². The first-order valence-corrected chi connectivity index (χ1v) is 11.2. The van der Waals surface area contributed by atoms with Gasteiger partial charge in [0.2, 0.25) is 0 Å². The molecule has 0 bridgehead atoms. The lowest BCUT2D eigenvalue weighted by Gasteiger charge is -2.21. The van der Waals surface area contributed by atoms with Gasteiger partial charge in [-0.2, -0.15) is 10.2 Å². The number of halogens is 1. The minimum absolute atomic E-state index is 0.00826. The van der Waals surface area contributed by atoms with E-state index in [4.69, 9.17) is 10.8 Å². The molecule has 4 aromatic rings. The fourth-order valence-corrected chi connectivity index (χ4v) is 3.62. The fraction of sp³-hybridized carbons (Fsp3) is 0.167. The molecule has 190 valence electrons. The molecule has 0 saturated heterocycles. The highest BCUT2D eigenvalue weighted by Gasteiger charge is 2.20. The van der Waals surface area contributed by atoms with Gasteiger partial charge in [-0.15, -0.1) is 4.80 Å². The molecule has 0 fully saturated rings. The number of anilines is 3. The molecular weight excluding hydrogens is 481 g/mol. The fourth-order valence-electron chi connectivity index (χ4n) is 3.62. The lowest BCUT2D eigenvalue weighted by atomic mass is 10.1. The Morgan fingerprint density at radius 3 is 2.54 bits per heavy atom. The highest BCUT2D eigenvalue weighted by atomic mass is 19.1. The molecule has 13 heteroatoms. The number of rotatable bonds is 10. The number of hydrogen-bond acceptors (Lipinski definition) is 8. The normalized spacial score (nSPS) is 11.5. The summed E-state index contributed by atoms with van der Waals surface area (Å²) in [6, 6.07) is 11.4. The summed E-state index contributed by atoms with van der Waals surface area (Å²) in [6.45, 7) is 1.77. The van der Waals surface area contributed by atoms with Crippen molar-refractivity contribution in [3.05, 3.63) is 83.7 Å². The van der Waals surface area contributed by atoms with E-state index in [0.29, 0.717) is 23.5 Å². The second-order valence-corrected chi connectivity index (χ2v) is 8.07. The monoisotopic (exact) mass is 505 g/mol. The number of aromatic nitrogens is 5. The topological polar surface area (TPSA) is 173 Å². The third-order valence-corrected chi connectivity index (χ3v) is 5.36. The zero-order valence-corrected chi connectivity index (χ0v) is 19.7. The Labute approximate surface area is 210 Å². The van der Waals surface area contributed by atoms with Gasteiger partial charge in [-0.3, -0.25) is 9.78 Å². The Morgan fingerprint density at radius 1 is 1.14 bits per heavy atom. The summed E-state index contributed by atoms with van der Waals surface area (Å²) in [5, 5.41) is 25.5. The first kappa shape index (κ1) is 25.0.